The third-order valence-corrected chi connectivity index (χ3v) is 1.28. The summed E-state index contributed by atoms with van der Waals surface area (Å²) in [5.41, 5.74) is 3.38. The van der Waals surface area contributed by atoms with E-state index in [1.54, 1.807) is 0 Å². The van der Waals surface area contributed by atoms with Crippen molar-refractivity contribution in [3.63, 3.8) is 0 Å². The molecule has 0 atom stereocenters. The van der Waals surface area contributed by atoms with Gasteiger partial charge in [0.25, 0.3) is 0 Å². The molecule has 1 aromatic carbocycles. The van der Waals surface area contributed by atoms with E-state index in [-0.39, 0.29) is 0 Å². The van der Waals surface area contributed by atoms with Crippen molar-refractivity contribution in [2.45, 2.75) is 20.8 Å². The minimum absolute atomic E-state index is 0.672. The van der Waals surface area contributed by atoms with E-state index < -0.39 is 0 Å². The van der Waals surface area contributed by atoms with Gasteiger partial charge < -0.3 is 0 Å². The van der Waals surface area contributed by atoms with Gasteiger partial charge in [0, 0.05) is 0 Å². The Morgan fingerprint density at radius 3 is 1.89 bits per heavy atom. The molecule has 0 heterocycles. The average molecular weight is 122 g/mol. The molecule has 0 saturated heterocycles. The highest BCUT2D eigenvalue weighted by Crippen LogP contribution is 2.06. The van der Waals surface area contributed by atoms with Gasteiger partial charge in [-0.15, -0.1) is 0 Å². The summed E-state index contributed by atoms with van der Waals surface area (Å²) >= 11 is 0. The third kappa shape index (κ3) is 1.56. The van der Waals surface area contributed by atoms with Crippen molar-refractivity contribution in [3.8, 4) is 0 Å². The largest absolute Gasteiger partial charge is 0.0628 e. The zero-order valence-electron chi connectivity index (χ0n) is 7.15. The lowest BCUT2D eigenvalue weighted by molar-refractivity contribution is 1.32. The molecule has 1 aromatic rings. The van der Waals surface area contributed by atoms with Crippen LogP contribution in [0.4, 0.5) is 0 Å². The molecule has 0 nitrogen and oxygen atoms in total. The van der Waals surface area contributed by atoms with E-state index in [1.165, 1.54) is 5.56 Å². The molecule has 0 N–H and O–H groups in total. The van der Waals surface area contributed by atoms with Gasteiger partial charge in [-0.3, -0.25) is 0 Å². The molecule has 0 aliphatic carbocycles. The molecule has 48 valence electrons. The smallest absolute Gasteiger partial charge is 0.0564 e. The molecular formula is C9H12. The summed E-state index contributed by atoms with van der Waals surface area (Å²) in [4.78, 5) is 0. The van der Waals surface area contributed by atoms with E-state index in [9.17, 15) is 0 Å². The van der Waals surface area contributed by atoms with Crippen LogP contribution in [0.3, 0.4) is 0 Å². The maximum absolute atomic E-state index is 7.54. The number of hydrogen-bond donors (Lipinski definition) is 0. The summed E-state index contributed by atoms with van der Waals surface area (Å²) in [7, 11) is 0. The van der Waals surface area contributed by atoms with Gasteiger partial charge in [-0.05, 0) is 20.8 Å². The molecule has 0 bridgehead atoms. The number of rotatable bonds is 0. The lowest BCUT2D eigenvalue weighted by Crippen LogP contribution is -1.78. The molecular weight excluding hydrogens is 108 g/mol. The second-order valence-electron chi connectivity index (χ2n) is 2.52. The van der Waals surface area contributed by atoms with Crippen molar-refractivity contribution in [2.75, 3.05) is 0 Å². The molecule has 0 amide bonds. The first kappa shape index (κ1) is 5.04. The highest BCUT2D eigenvalue weighted by molar-refractivity contribution is 5.27. The molecule has 0 radical (unpaired) electrons. The van der Waals surface area contributed by atoms with Gasteiger partial charge >= 0.3 is 0 Å². The highest BCUT2D eigenvalue weighted by atomic mass is 13.9. The summed E-state index contributed by atoms with van der Waals surface area (Å²) in [6.07, 6.45) is 0. The topological polar surface area (TPSA) is 0 Å². The Morgan fingerprint density at radius 1 is 1.00 bits per heavy atom. The van der Waals surface area contributed by atoms with Gasteiger partial charge in [0.15, 0.2) is 0 Å². The van der Waals surface area contributed by atoms with E-state index in [0.29, 0.717) is 6.04 Å². The quantitative estimate of drug-likeness (QED) is 0.496. The molecule has 0 saturated carbocycles. The van der Waals surface area contributed by atoms with Crippen LogP contribution in [0.5, 0.6) is 0 Å². The van der Waals surface area contributed by atoms with Gasteiger partial charge in [0.2, 0.25) is 0 Å². The van der Waals surface area contributed by atoms with Gasteiger partial charge in [-0.1, -0.05) is 34.9 Å². The number of hydrogen-bond acceptors (Lipinski definition) is 0. The van der Waals surface area contributed by atoms with Crippen LogP contribution >= 0.6 is 0 Å². The van der Waals surface area contributed by atoms with Crippen molar-refractivity contribution >= 4 is 0 Å². The van der Waals surface area contributed by atoms with Crippen molar-refractivity contribution in [1.82, 2.24) is 0 Å². The molecule has 0 aliphatic heterocycles. The summed E-state index contributed by atoms with van der Waals surface area (Å²) < 4.78 is 7.54. The van der Waals surface area contributed by atoms with Gasteiger partial charge in [0.05, 0.1) is 1.37 Å². The predicted molar refractivity (Wildman–Crippen MR) is 40.7 cm³/mol. The fraction of sp³-hybridized carbons (Fsp3) is 0.333. The lowest BCUT2D eigenvalue weighted by atomic mass is 10.1. The van der Waals surface area contributed by atoms with E-state index in [4.69, 9.17) is 1.37 Å². The summed E-state index contributed by atoms with van der Waals surface area (Å²) in [5.74, 6) is 0. The molecule has 1 rings (SSSR count). The minimum Gasteiger partial charge on any atom is -0.0564 e. The van der Waals surface area contributed by atoms with Gasteiger partial charge in [-0.2, -0.15) is 0 Å². The Hall–Kier alpha value is -0.780. The maximum atomic E-state index is 7.54. The summed E-state index contributed by atoms with van der Waals surface area (Å²) in [6, 6.07) is 4.75. The van der Waals surface area contributed by atoms with Crippen molar-refractivity contribution in [2.24, 2.45) is 0 Å². The fourth-order valence-corrected chi connectivity index (χ4v) is 1.11. The average Bonchev–Trinajstić information content (AvgIpc) is 1.82. The Bertz CT molecular complexity index is 228. The standard InChI is InChI=1S/C9H12/c1-7-4-8(2)6-9(3)5-7/h4-6H,1-3H3/i4T. The second kappa shape index (κ2) is 2.22. The second-order valence-corrected chi connectivity index (χ2v) is 2.52. The molecule has 0 aromatic heterocycles. The van der Waals surface area contributed by atoms with Crippen LogP contribution in [0.15, 0.2) is 18.2 Å². The SMILES string of the molecule is [3H]c1c(C)cc(C)cc1C. The van der Waals surface area contributed by atoms with E-state index in [1.807, 2.05) is 26.0 Å². The maximum Gasteiger partial charge on any atom is 0.0628 e. The lowest BCUT2D eigenvalue weighted by Gasteiger charge is -1.96. The van der Waals surface area contributed by atoms with Gasteiger partial charge in [-0.25, -0.2) is 0 Å². The first-order valence-electron chi connectivity index (χ1n) is 3.65. The Kier molecular flexibility index (Phi) is 1.24. The number of aryl methyl sites for hydroxylation is 3. The molecule has 0 heteroatoms. The van der Waals surface area contributed by atoms with Crippen LogP contribution < -0.4 is 0 Å². The molecule has 0 fully saturated rings. The molecule has 0 aliphatic rings. The Balaban J connectivity index is 3.31. The van der Waals surface area contributed by atoms with Crippen LogP contribution in [0.25, 0.3) is 0 Å². The van der Waals surface area contributed by atoms with Gasteiger partial charge in [0.1, 0.15) is 0 Å². The molecule has 0 unspecified atom stereocenters. The molecule has 0 spiro atoms. The Labute approximate surface area is 57.9 Å². The van der Waals surface area contributed by atoms with Crippen LogP contribution in [0.2, 0.25) is 0 Å². The molecule has 9 heavy (non-hydrogen) atoms. The minimum atomic E-state index is 0.672. The van der Waals surface area contributed by atoms with Crippen LogP contribution in [-0.2, 0) is 0 Å². The van der Waals surface area contributed by atoms with Crippen molar-refractivity contribution in [3.05, 3.63) is 34.9 Å². The zero-order chi connectivity index (χ0) is 7.72. The van der Waals surface area contributed by atoms with E-state index in [2.05, 4.69) is 6.92 Å². The van der Waals surface area contributed by atoms with Crippen LogP contribution in [-0.4, -0.2) is 0 Å². The van der Waals surface area contributed by atoms with Crippen molar-refractivity contribution in [1.29, 1.82) is 0 Å². The fourth-order valence-electron chi connectivity index (χ4n) is 1.11. The summed E-state index contributed by atoms with van der Waals surface area (Å²) in [5, 5.41) is 0. The predicted octanol–water partition coefficient (Wildman–Crippen LogP) is 2.61. The number of benzene rings is 1. The zero-order valence-corrected chi connectivity index (χ0v) is 6.15. The first-order valence-corrected chi connectivity index (χ1v) is 3.15. The summed E-state index contributed by atoms with van der Waals surface area (Å²) in [6.45, 7) is 6.00. The Morgan fingerprint density at radius 2 is 1.44 bits per heavy atom. The monoisotopic (exact) mass is 122 g/mol. The first-order chi connectivity index (χ1) is 4.61. The van der Waals surface area contributed by atoms with E-state index >= 15 is 0 Å². The highest BCUT2D eigenvalue weighted by Gasteiger charge is 1.87. The van der Waals surface area contributed by atoms with Crippen LogP contribution in [0.1, 0.15) is 18.1 Å². The third-order valence-electron chi connectivity index (χ3n) is 1.28. The normalized spacial score (nSPS) is 11.2. The van der Waals surface area contributed by atoms with Crippen molar-refractivity contribution < 1.29 is 1.37 Å². The van der Waals surface area contributed by atoms with Crippen LogP contribution in [0, 0.1) is 20.8 Å². The van der Waals surface area contributed by atoms with E-state index in [0.717, 1.165) is 11.1 Å².